The molecule has 0 spiro atoms. The Morgan fingerprint density at radius 1 is 0.966 bits per heavy atom. The number of amides is 1. The molecule has 1 amide bonds. The van der Waals surface area contributed by atoms with Crippen LogP contribution in [0.5, 0.6) is 11.5 Å². The van der Waals surface area contributed by atoms with Crippen LogP contribution in [-0.2, 0) is 0 Å². The molecule has 6 heteroatoms. The van der Waals surface area contributed by atoms with Gasteiger partial charge in [0.05, 0.1) is 17.4 Å². The lowest BCUT2D eigenvalue weighted by atomic mass is 10.0. The van der Waals surface area contributed by atoms with Gasteiger partial charge >= 0.3 is 0 Å². The molecular formula is C23H23N3O3. The SMILES string of the molecule is CC(C)c1ccccc1NC(=O)c1cncc(Nc2ccc3c(c2)OCCO3)c1. The van der Waals surface area contributed by atoms with Gasteiger partial charge in [-0.15, -0.1) is 0 Å². The van der Waals surface area contributed by atoms with Crippen LogP contribution < -0.4 is 20.1 Å². The first-order valence-corrected chi connectivity index (χ1v) is 9.62. The lowest BCUT2D eigenvalue weighted by Crippen LogP contribution is -2.15. The molecule has 2 heterocycles. The molecule has 1 aliphatic rings. The molecule has 148 valence electrons. The predicted molar refractivity (Wildman–Crippen MR) is 113 cm³/mol. The first kappa shape index (κ1) is 18.8. The fourth-order valence-corrected chi connectivity index (χ4v) is 3.23. The maximum atomic E-state index is 12.8. The molecule has 0 saturated carbocycles. The number of hydrogen-bond acceptors (Lipinski definition) is 5. The number of anilines is 3. The summed E-state index contributed by atoms with van der Waals surface area (Å²) < 4.78 is 11.2. The second-order valence-corrected chi connectivity index (χ2v) is 7.14. The summed E-state index contributed by atoms with van der Waals surface area (Å²) in [5, 5.41) is 6.26. The fraction of sp³-hybridized carbons (Fsp3) is 0.217. The van der Waals surface area contributed by atoms with Crippen molar-refractivity contribution in [3.05, 3.63) is 72.1 Å². The highest BCUT2D eigenvalue weighted by Crippen LogP contribution is 2.33. The molecule has 4 rings (SSSR count). The van der Waals surface area contributed by atoms with Gasteiger partial charge in [-0.3, -0.25) is 9.78 Å². The summed E-state index contributed by atoms with van der Waals surface area (Å²) >= 11 is 0. The van der Waals surface area contributed by atoms with Crippen molar-refractivity contribution < 1.29 is 14.3 Å². The molecule has 0 saturated heterocycles. The Morgan fingerprint density at radius 3 is 2.59 bits per heavy atom. The van der Waals surface area contributed by atoms with Crippen molar-refractivity contribution in [3.8, 4) is 11.5 Å². The van der Waals surface area contributed by atoms with E-state index in [4.69, 9.17) is 9.47 Å². The zero-order chi connectivity index (χ0) is 20.2. The average Bonchev–Trinajstić information content (AvgIpc) is 2.74. The summed E-state index contributed by atoms with van der Waals surface area (Å²) in [7, 11) is 0. The highest BCUT2D eigenvalue weighted by atomic mass is 16.6. The molecule has 0 fully saturated rings. The van der Waals surface area contributed by atoms with Crippen LogP contribution in [0.15, 0.2) is 60.9 Å². The van der Waals surface area contributed by atoms with E-state index in [2.05, 4.69) is 29.5 Å². The van der Waals surface area contributed by atoms with E-state index in [1.54, 1.807) is 18.5 Å². The maximum Gasteiger partial charge on any atom is 0.257 e. The van der Waals surface area contributed by atoms with Crippen LogP contribution in [-0.4, -0.2) is 24.1 Å². The number of benzene rings is 2. The second-order valence-electron chi connectivity index (χ2n) is 7.14. The van der Waals surface area contributed by atoms with Crippen LogP contribution >= 0.6 is 0 Å². The summed E-state index contributed by atoms with van der Waals surface area (Å²) in [5.74, 6) is 1.55. The zero-order valence-corrected chi connectivity index (χ0v) is 16.4. The van der Waals surface area contributed by atoms with E-state index in [1.807, 2.05) is 42.5 Å². The van der Waals surface area contributed by atoms with Crippen LogP contribution in [0.25, 0.3) is 0 Å². The van der Waals surface area contributed by atoms with E-state index in [9.17, 15) is 4.79 Å². The topological polar surface area (TPSA) is 72.5 Å². The van der Waals surface area contributed by atoms with Gasteiger partial charge < -0.3 is 20.1 Å². The quantitative estimate of drug-likeness (QED) is 0.644. The van der Waals surface area contributed by atoms with Crippen molar-refractivity contribution in [1.29, 1.82) is 0 Å². The minimum Gasteiger partial charge on any atom is -0.486 e. The van der Waals surface area contributed by atoms with E-state index in [-0.39, 0.29) is 5.91 Å². The molecule has 0 radical (unpaired) electrons. The molecule has 6 nitrogen and oxygen atoms in total. The summed E-state index contributed by atoms with van der Waals surface area (Å²) in [4.78, 5) is 17.0. The summed E-state index contributed by atoms with van der Waals surface area (Å²) in [6, 6.07) is 15.3. The van der Waals surface area contributed by atoms with Gasteiger partial charge in [0.25, 0.3) is 5.91 Å². The van der Waals surface area contributed by atoms with Crippen LogP contribution in [0.4, 0.5) is 17.1 Å². The van der Waals surface area contributed by atoms with E-state index in [0.29, 0.717) is 36.1 Å². The summed E-state index contributed by atoms with van der Waals surface area (Å²) in [6.07, 6.45) is 3.23. The molecule has 2 N–H and O–H groups in total. The fourth-order valence-electron chi connectivity index (χ4n) is 3.23. The highest BCUT2D eigenvalue weighted by molar-refractivity contribution is 6.05. The number of aromatic nitrogens is 1. The van der Waals surface area contributed by atoms with Gasteiger partial charge in [-0.25, -0.2) is 0 Å². The Kier molecular flexibility index (Phi) is 5.33. The molecule has 0 unspecified atom stereocenters. The lowest BCUT2D eigenvalue weighted by molar-refractivity contribution is 0.102. The first-order chi connectivity index (χ1) is 14.1. The number of fused-ring (bicyclic) bond motifs is 1. The zero-order valence-electron chi connectivity index (χ0n) is 16.4. The first-order valence-electron chi connectivity index (χ1n) is 9.62. The second kappa shape index (κ2) is 8.22. The molecule has 0 bridgehead atoms. The Bertz CT molecular complexity index is 1030. The molecule has 2 aromatic carbocycles. The van der Waals surface area contributed by atoms with Crippen LogP contribution in [0.1, 0.15) is 35.7 Å². The van der Waals surface area contributed by atoms with Crippen molar-refractivity contribution in [2.75, 3.05) is 23.8 Å². The number of hydrogen-bond donors (Lipinski definition) is 2. The van der Waals surface area contributed by atoms with Crippen molar-refractivity contribution >= 4 is 23.0 Å². The van der Waals surface area contributed by atoms with Gasteiger partial charge in [-0.05, 0) is 35.7 Å². The van der Waals surface area contributed by atoms with Crippen molar-refractivity contribution in [2.45, 2.75) is 19.8 Å². The Balaban J connectivity index is 1.51. The van der Waals surface area contributed by atoms with Gasteiger partial charge in [-0.1, -0.05) is 32.0 Å². The molecule has 1 aliphatic heterocycles. The number of carbonyl (C=O) groups excluding carboxylic acids is 1. The Morgan fingerprint density at radius 2 is 1.76 bits per heavy atom. The minimum absolute atomic E-state index is 0.198. The van der Waals surface area contributed by atoms with Gasteiger partial charge in [0, 0.05) is 23.6 Å². The van der Waals surface area contributed by atoms with Crippen molar-refractivity contribution in [1.82, 2.24) is 4.98 Å². The van der Waals surface area contributed by atoms with Gasteiger partial charge in [0.1, 0.15) is 13.2 Å². The number of ether oxygens (including phenoxy) is 2. The third-order valence-electron chi connectivity index (χ3n) is 4.66. The molecular weight excluding hydrogens is 366 g/mol. The van der Waals surface area contributed by atoms with Crippen molar-refractivity contribution in [2.24, 2.45) is 0 Å². The molecule has 3 aromatic rings. The molecule has 0 aliphatic carbocycles. The number of nitrogens with zero attached hydrogens (tertiary/aromatic N) is 1. The third kappa shape index (κ3) is 4.32. The Labute approximate surface area is 169 Å². The number of rotatable bonds is 5. The molecule has 0 atom stereocenters. The summed E-state index contributed by atoms with van der Waals surface area (Å²) in [6.45, 7) is 5.29. The van der Waals surface area contributed by atoms with E-state index >= 15 is 0 Å². The van der Waals surface area contributed by atoms with Crippen LogP contribution in [0.3, 0.4) is 0 Å². The number of para-hydroxylation sites is 1. The number of carbonyl (C=O) groups is 1. The third-order valence-corrected chi connectivity index (χ3v) is 4.66. The molecule has 1 aromatic heterocycles. The van der Waals surface area contributed by atoms with E-state index in [1.165, 1.54) is 0 Å². The average molecular weight is 389 g/mol. The van der Waals surface area contributed by atoms with Crippen molar-refractivity contribution in [3.63, 3.8) is 0 Å². The van der Waals surface area contributed by atoms with Crippen LogP contribution in [0, 0.1) is 0 Å². The molecule has 29 heavy (non-hydrogen) atoms. The number of nitrogens with one attached hydrogen (secondary N) is 2. The normalized spacial score (nSPS) is 12.5. The van der Waals surface area contributed by atoms with Crippen LogP contribution in [0.2, 0.25) is 0 Å². The smallest absolute Gasteiger partial charge is 0.257 e. The predicted octanol–water partition coefficient (Wildman–Crippen LogP) is 4.97. The number of pyridine rings is 1. The highest BCUT2D eigenvalue weighted by Gasteiger charge is 2.14. The summed E-state index contributed by atoms with van der Waals surface area (Å²) in [5.41, 5.74) is 3.94. The maximum absolute atomic E-state index is 12.8. The van der Waals surface area contributed by atoms with E-state index < -0.39 is 0 Å². The Hall–Kier alpha value is -3.54. The van der Waals surface area contributed by atoms with Gasteiger partial charge in [-0.2, -0.15) is 0 Å². The van der Waals surface area contributed by atoms with E-state index in [0.717, 1.165) is 22.7 Å². The lowest BCUT2D eigenvalue weighted by Gasteiger charge is -2.19. The van der Waals surface area contributed by atoms with Gasteiger partial charge in [0.2, 0.25) is 0 Å². The minimum atomic E-state index is -0.198. The monoisotopic (exact) mass is 389 g/mol. The van der Waals surface area contributed by atoms with Gasteiger partial charge in [0.15, 0.2) is 11.5 Å². The standard InChI is InChI=1S/C23H23N3O3/c1-15(2)19-5-3-4-6-20(19)26-23(27)16-11-18(14-24-13-16)25-17-7-8-21-22(12-17)29-10-9-28-21/h3-8,11-15,25H,9-10H2,1-2H3,(H,26,27). The largest absolute Gasteiger partial charge is 0.486 e.